The summed E-state index contributed by atoms with van der Waals surface area (Å²) < 4.78 is 50.6. The van der Waals surface area contributed by atoms with Crippen molar-refractivity contribution in [2.24, 2.45) is 12.2 Å². The lowest BCUT2D eigenvalue weighted by molar-refractivity contribution is 0.565. The van der Waals surface area contributed by atoms with Crippen LogP contribution in [0.2, 0.25) is 0 Å². The van der Waals surface area contributed by atoms with Crippen LogP contribution < -0.4 is 9.86 Å². The van der Waals surface area contributed by atoms with Crippen molar-refractivity contribution in [2.75, 3.05) is 0 Å². The average Bonchev–Trinajstić information content (AvgIpc) is 2.95. The van der Waals surface area contributed by atoms with Crippen LogP contribution in [0.25, 0.3) is 0 Å². The maximum Gasteiger partial charge on any atom is 0.260 e. The van der Waals surface area contributed by atoms with E-state index in [4.69, 9.17) is 5.14 Å². The number of nitrogens with zero attached hydrogens (tertiary/aromatic N) is 2. The minimum Gasteiger partial charge on any atom is -0.339 e. The van der Waals surface area contributed by atoms with E-state index < -0.39 is 26.1 Å². The van der Waals surface area contributed by atoms with Gasteiger partial charge in [-0.2, -0.15) is 0 Å². The van der Waals surface area contributed by atoms with Gasteiger partial charge >= 0.3 is 0 Å². The van der Waals surface area contributed by atoms with Gasteiger partial charge in [-0.15, -0.1) is 11.3 Å². The largest absolute Gasteiger partial charge is 0.339 e. The van der Waals surface area contributed by atoms with E-state index in [1.165, 1.54) is 29.2 Å². The Balaban J connectivity index is 2.22. The summed E-state index contributed by atoms with van der Waals surface area (Å²) in [7, 11) is -5.89. The summed E-state index contributed by atoms with van der Waals surface area (Å²) in [6, 6.07) is 2.27. The summed E-state index contributed by atoms with van der Waals surface area (Å²) in [5, 5.41) is 4.93. The summed E-state index contributed by atoms with van der Waals surface area (Å²) in [6.45, 7) is 1.61. The number of thiophene rings is 1. The highest BCUT2D eigenvalue weighted by atomic mass is 32.2. The number of primary sulfonamides is 1. The van der Waals surface area contributed by atoms with Crippen LogP contribution in [0.5, 0.6) is 0 Å². The molecule has 0 aromatic carbocycles. The Morgan fingerprint density at radius 3 is 2.48 bits per heavy atom. The van der Waals surface area contributed by atoms with Crippen molar-refractivity contribution in [1.29, 1.82) is 0 Å². The van der Waals surface area contributed by atoms with Crippen LogP contribution in [0.1, 0.15) is 17.8 Å². The lowest BCUT2D eigenvalue weighted by atomic mass is 10.3. The minimum atomic E-state index is -3.78. The Morgan fingerprint density at radius 1 is 1.33 bits per heavy atom. The molecular weight excluding hydrogens is 336 g/mol. The molecule has 0 aliphatic rings. The zero-order chi connectivity index (χ0) is 15.8. The predicted octanol–water partition coefficient (Wildman–Crippen LogP) is 0.169. The molecule has 3 N–H and O–H groups in total. The molecule has 0 saturated heterocycles. The Morgan fingerprint density at radius 2 is 2.00 bits per heavy atom. The van der Waals surface area contributed by atoms with E-state index in [1.54, 1.807) is 14.0 Å². The second-order valence-corrected chi connectivity index (χ2v) is 8.99. The number of imidazole rings is 1. The highest BCUT2D eigenvalue weighted by Gasteiger charge is 2.22. The first-order valence-corrected chi connectivity index (χ1v) is 9.57. The Bertz CT molecular complexity index is 851. The van der Waals surface area contributed by atoms with Crippen molar-refractivity contribution in [2.45, 2.75) is 22.2 Å². The van der Waals surface area contributed by atoms with Gasteiger partial charge in [0, 0.05) is 18.1 Å². The Labute approximate surface area is 126 Å². The van der Waals surface area contributed by atoms with Crippen molar-refractivity contribution in [1.82, 2.24) is 14.3 Å². The van der Waals surface area contributed by atoms with Gasteiger partial charge < -0.3 is 4.57 Å². The highest BCUT2D eigenvalue weighted by Crippen LogP contribution is 2.26. The third kappa shape index (κ3) is 3.68. The van der Waals surface area contributed by atoms with E-state index in [2.05, 4.69) is 9.71 Å². The van der Waals surface area contributed by atoms with Crippen molar-refractivity contribution in [3.05, 3.63) is 29.5 Å². The van der Waals surface area contributed by atoms with Crippen molar-refractivity contribution in [3.8, 4) is 0 Å². The van der Waals surface area contributed by atoms with Crippen molar-refractivity contribution >= 4 is 31.4 Å². The molecule has 2 aromatic heterocycles. The SMILES string of the molecule is CC(NS(=O)(=O)c1cn(C)cn1)c1ccc(S(N)(=O)=O)s1. The van der Waals surface area contributed by atoms with Gasteiger partial charge in [0.2, 0.25) is 10.0 Å². The van der Waals surface area contributed by atoms with E-state index >= 15 is 0 Å². The number of nitrogens with one attached hydrogen (secondary N) is 1. The predicted molar refractivity (Wildman–Crippen MR) is 77.6 cm³/mol. The molecular formula is C10H14N4O4S3. The van der Waals surface area contributed by atoms with Crippen molar-refractivity contribution < 1.29 is 16.8 Å². The fraction of sp³-hybridized carbons (Fsp3) is 0.300. The molecule has 2 heterocycles. The van der Waals surface area contributed by atoms with E-state index in [-0.39, 0.29) is 9.24 Å². The number of hydrogen-bond donors (Lipinski definition) is 2. The van der Waals surface area contributed by atoms with E-state index in [1.807, 2.05) is 0 Å². The number of rotatable bonds is 5. The van der Waals surface area contributed by atoms with E-state index in [9.17, 15) is 16.8 Å². The number of nitrogens with two attached hydrogens (primary N) is 1. The molecule has 1 atom stereocenters. The molecule has 8 nitrogen and oxygen atoms in total. The maximum absolute atomic E-state index is 12.1. The van der Waals surface area contributed by atoms with Crippen LogP contribution in [0.3, 0.4) is 0 Å². The van der Waals surface area contributed by atoms with Gasteiger partial charge in [-0.05, 0) is 19.1 Å². The molecule has 2 rings (SSSR count). The first-order chi connectivity index (χ1) is 9.59. The second-order valence-electron chi connectivity index (χ2n) is 4.42. The minimum absolute atomic E-state index is 0.0126. The molecule has 0 radical (unpaired) electrons. The number of aryl methyl sites for hydroxylation is 1. The van der Waals surface area contributed by atoms with Gasteiger partial charge in [-0.25, -0.2) is 31.7 Å². The summed E-state index contributed by atoms with van der Waals surface area (Å²) in [5.74, 6) is 0. The van der Waals surface area contributed by atoms with Crippen LogP contribution in [-0.2, 0) is 27.1 Å². The normalized spacial score (nSPS) is 14.2. The highest BCUT2D eigenvalue weighted by molar-refractivity contribution is 7.91. The van der Waals surface area contributed by atoms with Gasteiger partial charge in [0.05, 0.1) is 12.4 Å². The molecule has 0 aliphatic carbocycles. The lowest BCUT2D eigenvalue weighted by Crippen LogP contribution is -2.26. The molecule has 0 bridgehead atoms. The van der Waals surface area contributed by atoms with Gasteiger partial charge in [0.25, 0.3) is 10.0 Å². The molecule has 0 fully saturated rings. The van der Waals surface area contributed by atoms with Crippen LogP contribution in [0.15, 0.2) is 33.9 Å². The van der Waals surface area contributed by atoms with E-state index in [0.717, 1.165) is 11.3 Å². The summed E-state index contributed by atoms with van der Waals surface area (Å²) in [6.07, 6.45) is 2.75. The van der Waals surface area contributed by atoms with Crippen LogP contribution >= 0.6 is 11.3 Å². The molecule has 0 aliphatic heterocycles. The molecule has 11 heteroatoms. The average molecular weight is 350 g/mol. The monoisotopic (exact) mass is 350 g/mol. The lowest BCUT2D eigenvalue weighted by Gasteiger charge is -2.11. The zero-order valence-electron chi connectivity index (χ0n) is 11.2. The number of aromatic nitrogens is 2. The Hall–Kier alpha value is -1.27. The summed E-state index contributed by atoms with van der Waals surface area (Å²) >= 11 is 0.923. The molecule has 0 spiro atoms. The fourth-order valence-electron chi connectivity index (χ4n) is 1.60. The molecule has 0 saturated carbocycles. The van der Waals surface area contributed by atoms with Gasteiger partial charge in [-0.3, -0.25) is 0 Å². The second kappa shape index (κ2) is 5.50. The quantitative estimate of drug-likeness (QED) is 0.795. The van der Waals surface area contributed by atoms with E-state index in [0.29, 0.717) is 4.88 Å². The third-order valence-electron chi connectivity index (χ3n) is 2.60. The number of sulfonamides is 2. The van der Waals surface area contributed by atoms with Crippen molar-refractivity contribution in [3.63, 3.8) is 0 Å². The summed E-state index contributed by atoms with van der Waals surface area (Å²) in [5.41, 5.74) is 0. The molecule has 116 valence electrons. The standard InChI is InChI=1S/C10H14N4O4S3/c1-7(8-3-4-10(19-8)20(11,15)16)13-21(17,18)9-5-14(2)6-12-9/h3-7,13H,1-2H3,(H2,11,15,16). The topological polar surface area (TPSA) is 124 Å². The molecule has 21 heavy (non-hydrogen) atoms. The van der Waals surface area contributed by atoms with Gasteiger partial charge in [-0.1, -0.05) is 0 Å². The third-order valence-corrected chi connectivity index (χ3v) is 6.73. The summed E-state index contributed by atoms with van der Waals surface area (Å²) in [4.78, 5) is 4.32. The van der Waals surface area contributed by atoms with Crippen LogP contribution in [0.4, 0.5) is 0 Å². The Kier molecular flexibility index (Phi) is 4.22. The first-order valence-electron chi connectivity index (χ1n) is 5.72. The zero-order valence-corrected chi connectivity index (χ0v) is 13.7. The van der Waals surface area contributed by atoms with Gasteiger partial charge in [0.15, 0.2) is 5.03 Å². The van der Waals surface area contributed by atoms with Crippen LogP contribution in [-0.4, -0.2) is 26.4 Å². The fourth-order valence-corrected chi connectivity index (χ4v) is 4.63. The van der Waals surface area contributed by atoms with Gasteiger partial charge in [0.1, 0.15) is 4.21 Å². The van der Waals surface area contributed by atoms with Crippen LogP contribution in [0, 0.1) is 0 Å². The molecule has 0 amide bonds. The first kappa shape index (κ1) is 16.1. The maximum atomic E-state index is 12.1. The number of hydrogen-bond acceptors (Lipinski definition) is 6. The molecule has 1 unspecified atom stereocenters. The molecule has 2 aromatic rings. The smallest absolute Gasteiger partial charge is 0.260 e.